The van der Waals surface area contributed by atoms with E-state index >= 15 is 0 Å². The van der Waals surface area contributed by atoms with Crippen LogP contribution in [0.15, 0.2) is 65.5 Å². The highest BCUT2D eigenvalue weighted by Gasteiger charge is 2.40. The molecule has 6 heterocycles. The number of fused-ring (bicyclic) bond motifs is 2. The summed E-state index contributed by atoms with van der Waals surface area (Å²) in [7, 11) is -2.00. The van der Waals surface area contributed by atoms with E-state index in [1.165, 1.54) is 11.8 Å². The highest BCUT2D eigenvalue weighted by atomic mass is 79.9. The number of anilines is 7. The van der Waals surface area contributed by atoms with Crippen LogP contribution in [0.1, 0.15) is 49.3 Å². The molecule has 3 amide bonds. The number of benzene rings is 3. The molecule has 20 heteroatoms. The Hall–Kier alpha value is -5.96. The van der Waals surface area contributed by atoms with E-state index in [1.807, 2.05) is 12.1 Å². The second-order valence-corrected chi connectivity index (χ2v) is 19.7. The number of hydrogen-bond donors (Lipinski definition) is 4. The minimum Gasteiger partial charge on any atom is -0.494 e. The maximum atomic E-state index is 13.2. The van der Waals surface area contributed by atoms with E-state index in [1.54, 1.807) is 36.5 Å². The molecule has 0 radical (unpaired) electrons. The van der Waals surface area contributed by atoms with Crippen molar-refractivity contribution in [1.82, 2.24) is 35.1 Å². The van der Waals surface area contributed by atoms with Crippen molar-refractivity contribution < 1.29 is 27.5 Å². The average Bonchev–Trinajstić information content (AvgIpc) is 3.65. The van der Waals surface area contributed by atoms with Gasteiger partial charge in [-0.05, 0) is 89.0 Å². The second kappa shape index (κ2) is 19.1. The van der Waals surface area contributed by atoms with Crippen LogP contribution in [0.5, 0.6) is 5.75 Å². The van der Waals surface area contributed by atoms with Crippen LogP contribution in [0.2, 0.25) is 0 Å². The molecule has 0 saturated carbocycles. The summed E-state index contributed by atoms with van der Waals surface area (Å²) in [4.78, 5) is 64.8. The number of carbonyl (C=O) groups is 3. The van der Waals surface area contributed by atoms with Gasteiger partial charge < -0.3 is 25.2 Å². The topological polar surface area (TPSA) is 207 Å². The molecule has 3 saturated heterocycles. The van der Waals surface area contributed by atoms with Crippen molar-refractivity contribution in [1.29, 1.82) is 0 Å². The lowest BCUT2D eigenvalue weighted by atomic mass is 9.99. The van der Waals surface area contributed by atoms with Crippen LogP contribution in [-0.4, -0.2) is 127 Å². The number of ether oxygens (including phenoxy) is 1. The smallest absolute Gasteiger partial charge is 0.249 e. The maximum Gasteiger partial charge on any atom is 0.249 e. The molecule has 4 aliphatic rings. The number of sulfonamides is 1. The summed E-state index contributed by atoms with van der Waals surface area (Å²) in [5, 5.41) is 9.00. The van der Waals surface area contributed by atoms with Gasteiger partial charge in [0.1, 0.15) is 23.1 Å². The van der Waals surface area contributed by atoms with Crippen LogP contribution in [0.3, 0.4) is 0 Å². The Morgan fingerprint density at radius 3 is 2.42 bits per heavy atom. The predicted molar refractivity (Wildman–Crippen MR) is 257 cm³/mol. The van der Waals surface area contributed by atoms with E-state index in [0.717, 1.165) is 106 Å². The van der Waals surface area contributed by atoms with Gasteiger partial charge in [-0.1, -0.05) is 19.1 Å². The first-order chi connectivity index (χ1) is 31.8. The number of hydrogen-bond acceptors (Lipinski definition) is 15. The van der Waals surface area contributed by atoms with Gasteiger partial charge >= 0.3 is 0 Å². The Kier molecular flexibility index (Phi) is 13.1. The van der Waals surface area contributed by atoms with E-state index in [0.29, 0.717) is 51.2 Å². The summed E-state index contributed by atoms with van der Waals surface area (Å²) in [6.45, 7) is 8.92. The molecule has 66 heavy (non-hydrogen) atoms. The normalized spacial score (nSPS) is 18.7. The minimum atomic E-state index is -3.65. The third kappa shape index (κ3) is 9.63. The Morgan fingerprint density at radius 1 is 0.894 bits per heavy atom. The van der Waals surface area contributed by atoms with Crippen LogP contribution >= 0.6 is 15.9 Å². The zero-order valence-electron chi connectivity index (χ0n) is 37.1. The third-order valence-electron chi connectivity index (χ3n) is 13.0. The van der Waals surface area contributed by atoms with Gasteiger partial charge in [0.15, 0.2) is 0 Å². The fourth-order valence-electron chi connectivity index (χ4n) is 9.68. The Labute approximate surface area is 392 Å². The Morgan fingerprint density at radius 2 is 1.68 bits per heavy atom. The number of piperazine rings is 1. The van der Waals surface area contributed by atoms with E-state index in [4.69, 9.17) is 9.72 Å². The maximum absolute atomic E-state index is 13.2. The van der Waals surface area contributed by atoms with E-state index in [-0.39, 0.29) is 30.3 Å². The number of piperidine rings is 2. The SMILES string of the molecule is CCc1cc(Nc2ncc(Br)c(Nc3ccc4nccnc4c3NS(C)(=O)=O)n2)c(OC)cc1N1CCC(N2CCN(CCc3cccc4c3CC(=O)N4C3CCC(=O)NC3=O)CC2)CC1. The summed E-state index contributed by atoms with van der Waals surface area (Å²) in [6.07, 6.45) is 10.4. The molecular formula is C46H53BrN12O6S. The van der Waals surface area contributed by atoms with Crippen LogP contribution in [0.25, 0.3) is 11.0 Å². The molecule has 1 unspecified atom stereocenters. The van der Waals surface area contributed by atoms with Crippen molar-refractivity contribution in [3.8, 4) is 5.75 Å². The number of halogens is 1. The van der Waals surface area contributed by atoms with Gasteiger partial charge in [-0.2, -0.15) is 4.98 Å². The van der Waals surface area contributed by atoms with E-state index in [9.17, 15) is 22.8 Å². The number of methoxy groups -OCH3 is 1. The number of aryl methyl sites for hydroxylation is 1. The molecule has 4 N–H and O–H groups in total. The van der Waals surface area contributed by atoms with Crippen LogP contribution in [0.4, 0.5) is 40.2 Å². The van der Waals surface area contributed by atoms with Crippen LogP contribution < -0.4 is 35.2 Å². The number of amides is 3. The molecule has 0 bridgehead atoms. The van der Waals surface area contributed by atoms with Crippen molar-refractivity contribution in [2.45, 2.75) is 64.0 Å². The Bertz CT molecular complexity index is 2800. The molecule has 5 aromatic rings. The second-order valence-electron chi connectivity index (χ2n) is 17.1. The highest BCUT2D eigenvalue weighted by Crippen LogP contribution is 2.39. The van der Waals surface area contributed by atoms with Crippen molar-refractivity contribution in [3.05, 3.63) is 82.2 Å². The van der Waals surface area contributed by atoms with Crippen molar-refractivity contribution in [2.75, 3.05) is 84.3 Å². The number of imide groups is 1. The molecule has 4 aliphatic heterocycles. The summed E-state index contributed by atoms with van der Waals surface area (Å²) >= 11 is 3.54. The lowest BCUT2D eigenvalue weighted by Gasteiger charge is -2.43. The number of nitrogens with zero attached hydrogens (tertiary/aromatic N) is 8. The zero-order valence-corrected chi connectivity index (χ0v) is 39.5. The number of carbonyl (C=O) groups excluding carboxylic acids is 3. The molecular weight excluding hydrogens is 929 g/mol. The van der Waals surface area contributed by atoms with E-state index in [2.05, 4.69) is 91.4 Å². The third-order valence-corrected chi connectivity index (χ3v) is 14.2. The minimum absolute atomic E-state index is 0.0830. The molecule has 3 fully saturated rings. The molecule has 0 spiro atoms. The van der Waals surface area contributed by atoms with E-state index < -0.39 is 22.0 Å². The van der Waals surface area contributed by atoms with Crippen LogP contribution in [0, 0.1) is 0 Å². The molecule has 0 aliphatic carbocycles. The van der Waals surface area contributed by atoms with Gasteiger partial charge in [-0.15, -0.1) is 0 Å². The average molecular weight is 982 g/mol. The molecule has 9 rings (SSSR count). The molecule has 1 atom stereocenters. The van der Waals surface area contributed by atoms with Gasteiger partial charge in [-0.3, -0.25) is 44.2 Å². The summed E-state index contributed by atoms with van der Waals surface area (Å²) < 4.78 is 33.8. The largest absolute Gasteiger partial charge is 0.494 e. The van der Waals surface area contributed by atoms with Gasteiger partial charge in [0, 0.05) is 94.3 Å². The standard InChI is InChI=1S/C46H53BrN12O6S/c1-4-28-24-35(52-46-50-27-32(47)44(54-46)51-34-9-8-33-42(49-16-15-48-33)43(34)55-66(3,63)64)39(65-2)26-38(28)58-18-13-30(14-19-58)57-22-20-56(21-23-57)17-12-29-6-5-7-36-31(29)25-41(61)59(36)37-10-11-40(60)53-45(37)62/h5-9,15-16,24,26-27,30,37,55H,4,10-14,17-23,25H2,1-3H3,(H,53,60,62)(H2,50,51,52,54). The molecule has 2 aromatic heterocycles. The van der Waals surface area contributed by atoms with Crippen molar-refractivity contribution in [2.24, 2.45) is 0 Å². The molecule has 18 nitrogen and oxygen atoms in total. The number of aromatic nitrogens is 4. The first kappa shape index (κ1) is 45.2. The fourth-order valence-corrected chi connectivity index (χ4v) is 10.5. The highest BCUT2D eigenvalue weighted by molar-refractivity contribution is 9.10. The van der Waals surface area contributed by atoms with Gasteiger partial charge in [-0.25, -0.2) is 13.4 Å². The van der Waals surface area contributed by atoms with Gasteiger partial charge in [0.05, 0.1) is 46.8 Å². The molecule has 3 aromatic carbocycles. The molecule has 346 valence electrons. The summed E-state index contributed by atoms with van der Waals surface area (Å²) in [5.74, 6) is 0.609. The van der Waals surface area contributed by atoms with Gasteiger partial charge in [0.25, 0.3) is 0 Å². The Balaban J connectivity index is 0.805. The fraction of sp³-hybridized carbons (Fsp3) is 0.413. The lowest BCUT2D eigenvalue weighted by Crippen LogP contribution is -2.53. The zero-order chi connectivity index (χ0) is 46.1. The van der Waals surface area contributed by atoms with Crippen molar-refractivity contribution in [3.63, 3.8) is 0 Å². The first-order valence-corrected chi connectivity index (χ1v) is 25.0. The monoisotopic (exact) mass is 980 g/mol. The summed E-state index contributed by atoms with van der Waals surface area (Å²) in [5.41, 5.74) is 7.62. The first-order valence-electron chi connectivity index (χ1n) is 22.3. The number of rotatable bonds is 14. The van der Waals surface area contributed by atoms with Crippen molar-refractivity contribution >= 4 is 94.9 Å². The lowest BCUT2D eigenvalue weighted by molar-refractivity contribution is -0.135. The number of nitrogens with one attached hydrogen (secondary N) is 4. The van der Waals surface area contributed by atoms with Crippen LogP contribution in [-0.2, 0) is 43.7 Å². The summed E-state index contributed by atoms with van der Waals surface area (Å²) in [6, 6.07) is 13.5. The predicted octanol–water partition coefficient (Wildman–Crippen LogP) is 5.14. The quantitative estimate of drug-likeness (QED) is 0.106. The van der Waals surface area contributed by atoms with Gasteiger partial charge in [0.2, 0.25) is 33.7 Å².